The van der Waals surface area contributed by atoms with Gasteiger partial charge in [0.05, 0.1) is 5.60 Å². The van der Waals surface area contributed by atoms with Crippen LogP contribution in [0.5, 0.6) is 5.75 Å². The second-order valence-corrected chi connectivity index (χ2v) is 5.59. The van der Waals surface area contributed by atoms with Gasteiger partial charge in [0.2, 0.25) is 0 Å². The normalized spacial score (nSPS) is 11.7. The number of hydrogen-bond acceptors (Lipinski definition) is 3. The largest absolute Gasteiger partial charge is 0.490 e. The smallest absolute Gasteiger partial charge is 0.124 e. The van der Waals surface area contributed by atoms with Crippen molar-refractivity contribution in [1.82, 2.24) is 5.32 Å². The monoisotopic (exact) mass is 299 g/mol. The highest BCUT2D eigenvalue weighted by atomic mass is 35.5. The summed E-state index contributed by atoms with van der Waals surface area (Å²) in [6, 6.07) is 5.60. The molecule has 3 nitrogen and oxygen atoms in total. The summed E-state index contributed by atoms with van der Waals surface area (Å²) in [5, 5.41) is 14.3. The van der Waals surface area contributed by atoms with Crippen LogP contribution in [0.2, 0.25) is 5.02 Å². The second kappa shape index (κ2) is 8.50. The standard InChI is InChI=1S/C16H26ClNO2/c1-4-9-18-11-13-10-14(17)7-8-15(13)20-12-16(19,5-2)6-3/h7-8,10,18-19H,4-6,9,11-12H2,1-3H3. The molecule has 0 heterocycles. The van der Waals surface area contributed by atoms with E-state index in [0.29, 0.717) is 24.5 Å². The summed E-state index contributed by atoms with van der Waals surface area (Å²) in [6.07, 6.45) is 2.45. The molecule has 2 N–H and O–H groups in total. The summed E-state index contributed by atoms with van der Waals surface area (Å²) < 4.78 is 5.82. The van der Waals surface area contributed by atoms with Crippen LogP contribution in [0.25, 0.3) is 0 Å². The Hall–Kier alpha value is -0.770. The van der Waals surface area contributed by atoms with Crippen molar-refractivity contribution in [2.45, 2.75) is 52.2 Å². The number of aliphatic hydroxyl groups is 1. The highest BCUT2D eigenvalue weighted by molar-refractivity contribution is 6.30. The molecule has 1 rings (SSSR count). The van der Waals surface area contributed by atoms with Crippen LogP contribution in [0.15, 0.2) is 18.2 Å². The fourth-order valence-corrected chi connectivity index (χ4v) is 2.09. The van der Waals surface area contributed by atoms with E-state index in [-0.39, 0.29) is 0 Å². The van der Waals surface area contributed by atoms with Crippen molar-refractivity contribution in [2.24, 2.45) is 0 Å². The van der Waals surface area contributed by atoms with Crippen molar-refractivity contribution in [3.05, 3.63) is 28.8 Å². The number of benzene rings is 1. The molecule has 0 bridgehead atoms. The van der Waals surface area contributed by atoms with E-state index in [1.54, 1.807) is 0 Å². The summed E-state index contributed by atoms with van der Waals surface area (Å²) in [5.41, 5.74) is 0.272. The zero-order chi connectivity index (χ0) is 15.0. The summed E-state index contributed by atoms with van der Waals surface area (Å²) in [6.45, 7) is 8.06. The van der Waals surface area contributed by atoms with Crippen LogP contribution in [-0.2, 0) is 6.54 Å². The Morgan fingerprint density at radius 2 is 1.95 bits per heavy atom. The van der Waals surface area contributed by atoms with E-state index in [9.17, 15) is 5.11 Å². The zero-order valence-electron chi connectivity index (χ0n) is 12.7. The van der Waals surface area contributed by atoms with Crippen LogP contribution in [-0.4, -0.2) is 23.9 Å². The SMILES string of the molecule is CCCNCc1cc(Cl)ccc1OCC(O)(CC)CC. The first-order valence-electron chi connectivity index (χ1n) is 7.39. The third kappa shape index (κ3) is 5.31. The first-order valence-corrected chi connectivity index (χ1v) is 7.76. The van der Waals surface area contributed by atoms with E-state index in [1.807, 2.05) is 32.0 Å². The Balaban J connectivity index is 2.73. The van der Waals surface area contributed by atoms with Crippen molar-refractivity contribution in [1.29, 1.82) is 0 Å². The maximum atomic E-state index is 10.3. The average molecular weight is 300 g/mol. The van der Waals surface area contributed by atoms with Gasteiger partial charge in [0, 0.05) is 17.1 Å². The van der Waals surface area contributed by atoms with Crippen molar-refractivity contribution >= 4 is 11.6 Å². The number of rotatable bonds is 9. The van der Waals surface area contributed by atoms with E-state index in [1.165, 1.54) is 0 Å². The van der Waals surface area contributed by atoms with Gasteiger partial charge in [-0.15, -0.1) is 0 Å². The van der Waals surface area contributed by atoms with Crippen molar-refractivity contribution in [3.8, 4) is 5.75 Å². The third-order valence-electron chi connectivity index (χ3n) is 3.58. The van der Waals surface area contributed by atoms with Gasteiger partial charge in [-0.2, -0.15) is 0 Å². The molecule has 0 unspecified atom stereocenters. The number of ether oxygens (including phenoxy) is 1. The molecule has 0 aliphatic carbocycles. The molecule has 1 aromatic carbocycles. The quantitative estimate of drug-likeness (QED) is 0.682. The van der Waals surface area contributed by atoms with E-state index >= 15 is 0 Å². The Kier molecular flexibility index (Phi) is 7.35. The minimum atomic E-state index is -0.756. The highest BCUT2D eigenvalue weighted by Gasteiger charge is 2.23. The van der Waals surface area contributed by atoms with Gasteiger partial charge in [-0.1, -0.05) is 32.4 Å². The fraction of sp³-hybridized carbons (Fsp3) is 0.625. The van der Waals surface area contributed by atoms with Crippen LogP contribution in [0.3, 0.4) is 0 Å². The van der Waals surface area contributed by atoms with Gasteiger partial charge < -0.3 is 15.2 Å². The van der Waals surface area contributed by atoms with Gasteiger partial charge in [0.1, 0.15) is 12.4 Å². The van der Waals surface area contributed by atoms with Crippen LogP contribution < -0.4 is 10.1 Å². The molecule has 0 saturated heterocycles. The molecular formula is C16H26ClNO2. The summed E-state index contributed by atoms with van der Waals surface area (Å²) in [7, 11) is 0. The number of nitrogens with one attached hydrogen (secondary N) is 1. The minimum absolute atomic E-state index is 0.308. The van der Waals surface area contributed by atoms with Crippen LogP contribution in [0.4, 0.5) is 0 Å². The molecule has 1 aromatic rings. The molecule has 20 heavy (non-hydrogen) atoms. The Labute approximate surface area is 127 Å². The molecule has 0 aliphatic rings. The Bertz CT molecular complexity index is 405. The molecule has 0 amide bonds. The third-order valence-corrected chi connectivity index (χ3v) is 3.81. The molecule has 114 valence electrons. The topological polar surface area (TPSA) is 41.5 Å². The lowest BCUT2D eigenvalue weighted by molar-refractivity contribution is -0.0116. The van der Waals surface area contributed by atoms with Crippen molar-refractivity contribution in [3.63, 3.8) is 0 Å². The summed E-state index contributed by atoms with van der Waals surface area (Å²) >= 11 is 6.04. The van der Waals surface area contributed by atoms with Crippen molar-refractivity contribution in [2.75, 3.05) is 13.2 Å². The van der Waals surface area contributed by atoms with Gasteiger partial charge >= 0.3 is 0 Å². The maximum Gasteiger partial charge on any atom is 0.124 e. The van der Waals surface area contributed by atoms with E-state index < -0.39 is 5.60 Å². The average Bonchev–Trinajstić information content (AvgIpc) is 2.46. The molecule has 0 saturated carbocycles. The van der Waals surface area contributed by atoms with E-state index in [4.69, 9.17) is 16.3 Å². The first-order chi connectivity index (χ1) is 9.54. The van der Waals surface area contributed by atoms with Crippen molar-refractivity contribution < 1.29 is 9.84 Å². The minimum Gasteiger partial charge on any atom is -0.490 e. The highest BCUT2D eigenvalue weighted by Crippen LogP contribution is 2.25. The predicted molar refractivity (Wildman–Crippen MR) is 84.5 cm³/mol. The molecule has 0 spiro atoms. The van der Waals surface area contributed by atoms with Gasteiger partial charge in [-0.3, -0.25) is 0 Å². The predicted octanol–water partition coefficient (Wildman–Crippen LogP) is 3.77. The van der Waals surface area contributed by atoms with E-state index in [0.717, 1.165) is 30.8 Å². The van der Waals surface area contributed by atoms with Gasteiger partial charge in [-0.05, 0) is 44.0 Å². The lowest BCUT2D eigenvalue weighted by atomic mass is 9.99. The van der Waals surface area contributed by atoms with Gasteiger partial charge in [-0.25, -0.2) is 0 Å². The lowest BCUT2D eigenvalue weighted by Crippen LogP contribution is -2.34. The van der Waals surface area contributed by atoms with Crippen LogP contribution in [0, 0.1) is 0 Å². The molecule has 0 atom stereocenters. The number of hydrogen-bond donors (Lipinski definition) is 2. The van der Waals surface area contributed by atoms with Crippen LogP contribution >= 0.6 is 11.6 Å². The molecule has 0 fully saturated rings. The Morgan fingerprint density at radius 1 is 1.25 bits per heavy atom. The molecule has 0 radical (unpaired) electrons. The van der Waals surface area contributed by atoms with Crippen LogP contribution in [0.1, 0.15) is 45.6 Å². The van der Waals surface area contributed by atoms with Gasteiger partial charge in [0.15, 0.2) is 0 Å². The molecule has 0 aromatic heterocycles. The zero-order valence-corrected chi connectivity index (χ0v) is 13.5. The van der Waals surface area contributed by atoms with E-state index in [2.05, 4.69) is 12.2 Å². The summed E-state index contributed by atoms with van der Waals surface area (Å²) in [4.78, 5) is 0. The molecular weight excluding hydrogens is 274 g/mol. The lowest BCUT2D eigenvalue weighted by Gasteiger charge is -2.26. The van der Waals surface area contributed by atoms with Gasteiger partial charge in [0.25, 0.3) is 0 Å². The summed E-state index contributed by atoms with van der Waals surface area (Å²) in [5.74, 6) is 0.790. The first kappa shape index (κ1) is 17.3. The maximum absolute atomic E-state index is 10.3. The Morgan fingerprint density at radius 3 is 2.55 bits per heavy atom. The fourth-order valence-electron chi connectivity index (χ4n) is 1.89. The number of halogens is 1. The second-order valence-electron chi connectivity index (χ2n) is 5.15. The molecule has 0 aliphatic heterocycles. The molecule has 4 heteroatoms.